The van der Waals surface area contributed by atoms with Gasteiger partial charge in [0.2, 0.25) is 0 Å². The van der Waals surface area contributed by atoms with Crippen molar-refractivity contribution in [3.63, 3.8) is 0 Å². The number of benzene rings is 1. The van der Waals surface area contributed by atoms with Crippen molar-refractivity contribution in [2.45, 2.75) is 18.9 Å². The summed E-state index contributed by atoms with van der Waals surface area (Å²) in [6, 6.07) is 8.63. The fourth-order valence-corrected chi connectivity index (χ4v) is 4.04. The summed E-state index contributed by atoms with van der Waals surface area (Å²) in [7, 11) is 1.52. The lowest BCUT2D eigenvalue weighted by atomic mass is 10.1. The van der Waals surface area contributed by atoms with Crippen molar-refractivity contribution < 1.29 is 22.3 Å². The molecule has 5 aromatic rings. The Hall–Kier alpha value is -4.36. The number of halogens is 4. The third-order valence-electron chi connectivity index (χ3n) is 5.95. The third kappa shape index (κ3) is 5.06. The Labute approximate surface area is 213 Å². The number of aromatic nitrogens is 6. The summed E-state index contributed by atoms with van der Waals surface area (Å²) in [5.41, 5.74) is 6.15. The van der Waals surface area contributed by atoms with Gasteiger partial charge in [0.05, 0.1) is 29.5 Å². The maximum Gasteiger partial charge on any atom is 0.419 e. The van der Waals surface area contributed by atoms with Gasteiger partial charge in [0.25, 0.3) is 0 Å². The van der Waals surface area contributed by atoms with E-state index in [1.807, 2.05) is 10.8 Å². The van der Waals surface area contributed by atoms with Crippen LogP contribution < -0.4 is 11.1 Å². The van der Waals surface area contributed by atoms with E-state index >= 15 is 4.39 Å². The highest BCUT2D eigenvalue weighted by Crippen LogP contribution is 2.35. The van der Waals surface area contributed by atoms with Gasteiger partial charge in [-0.2, -0.15) is 18.3 Å². The summed E-state index contributed by atoms with van der Waals surface area (Å²) in [4.78, 5) is 11.9. The number of imidazole rings is 2. The number of nitrogens with one attached hydrogen (secondary N) is 1. The number of hydrogen-bond donors (Lipinski definition) is 2. The Morgan fingerprint density at radius 2 is 1.95 bits per heavy atom. The lowest BCUT2D eigenvalue weighted by Gasteiger charge is -2.18. The number of fused-ring (bicyclic) bond motifs is 1. The number of nitrogen functional groups attached to an aromatic ring is 1. The van der Waals surface area contributed by atoms with E-state index in [2.05, 4.69) is 25.4 Å². The molecule has 0 bridgehead atoms. The molecule has 1 unspecified atom stereocenters. The highest BCUT2D eigenvalue weighted by Gasteiger charge is 2.34. The Morgan fingerprint density at radius 3 is 2.66 bits per heavy atom. The average molecular weight is 526 g/mol. The van der Waals surface area contributed by atoms with Gasteiger partial charge in [0.15, 0.2) is 5.65 Å². The average Bonchev–Trinajstić information content (AvgIpc) is 3.56. The predicted octanol–water partition coefficient (Wildman–Crippen LogP) is 4.33. The van der Waals surface area contributed by atoms with Crippen LogP contribution in [0.1, 0.15) is 17.4 Å². The van der Waals surface area contributed by atoms with Crippen LogP contribution in [-0.2, 0) is 17.5 Å². The molecule has 0 fully saturated rings. The molecule has 0 amide bonds. The van der Waals surface area contributed by atoms with E-state index in [9.17, 15) is 13.2 Å². The van der Waals surface area contributed by atoms with Crippen LogP contribution in [0.5, 0.6) is 0 Å². The van der Waals surface area contributed by atoms with Gasteiger partial charge in [-0.15, -0.1) is 0 Å². The van der Waals surface area contributed by atoms with E-state index in [0.29, 0.717) is 30.0 Å². The Balaban J connectivity index is 1.43. The van der Waals surface area contributed by atoms with Crippen molar-refractivity contribution in [3.8, 4) is 22.5 Å². The second-order valence-electron chi connectivity index (χ2n) is 8.40. The molecule has 196 valence electrons. The highest BCUT2D eigenvalue weighted by atomic mass is 19.4. The SMILES string of the molecule is COC(NCCn1ccnc1)c1ccc(-c2cnc3ccc(-c4cnc(N)c(C(F)(F)F)c4)nn23)c(F)c1. The fourth-order valence-electron chi connectivity index (χ4n) is 4.04. The Morgan fingerprint density at radius 1 is 1.11 bits per heavy atom. The monoisotopic (exact) mass is 526 g/mol. The first-order valence-electron chi connectivity index (χ1n) is 11.4. The van der Waals surface area contributed by atoms with Crippen LogP contribution in [0.25, 0.3) is 28.2 Å². The second kappa shape index (κ2) is 10.2. The van der Waals surface area contributed by atoms with E-state index in [-0.39, 0.29) is 16.8 Å². The lowest BCUT2D eigenvalue weighted by molar-refractivity contribution is -0.137. The molecule has 0 saturated carbocycles. The summed E-state index contributed by atoms with van der Waals surface area (Å²) >= 11 is 0. The number of ether oxygens (including phenoxy) is 1. The number of hydrogen-bond acceptors (Lipinski definition) is 7. The number of anilines is 1. The molecule has 0 saturated heterocycles. The minimum atomic E-state index is -4.67. The maximum absolute atomic E-state index is 15.3. The first-order chi connectivity index (χ1) is 18.2. The molecule has 0 aliphatic carbocycles. The largest absolute Gasteiger partial charge is 0.419 e. The molecule has 5 rings (SSSR count). The van der Waals surface area contributed by atoms with Crippen LogP contribution in [0, 0.1) is 5.82 Å². The standard InChI is InChI=1S/C25H22F4N8O/c1-38-24(32-7-9-36-8-6-31-14-36)15-2-3-17(19(26)11-15)21-13-33-22-5-4-20(35-37(21)22)16-10-18(25(27,28)29)23(30)34-12-16/h2-6,8,10-14,24,32H,7,9H2,1H3,(H2,30,34). The molecular formula is C25H22F4N8O. The summed E-state index contributed by atoms with van der Waals surface area (Å²) < 4.78 is 64.0. The van der Waals surface area contributed by atoms with Gasteiger partial charge in [-0.1, -0.05) is 6.07 Å². The van der Waals surface area contributed by atoms with E-state index in [0.717, 1.165) is 6.07 Å². The molecule has 1 aromatic carbocycles. The normalized spacial score (nSPS) is 12.8. The van der Waals surface area contributed by atoms with Crippen molar-refractivity contribution in [3.05, 3.63) is 84.5 Å². The molecule has 0 aliphatic heterocycles. The first kappa shape index (κ1) is 25.3. The van der Waals surface area contributed by atoms with Crippen LogP contribution in [0.2, 0.25) is 0 Å². The van der Waals surface area contributed by atoms with Gasteiger partial charge in [-0.25, -0.2) is 23.9 Å². The zero-order valence-corrected chi connectivity index (χ0v) is 20.0. The summed E-state index contributed by atoms with van der Waals surface area (Å²) in [6.45, 7) is 1.22. The molecule has 0 radical (unpaired) electrons. The van der Waals surface area contributed by atoms with Crippen molar-refractivity contribution in [2.24, 2.45) is 0 Å². The summed E-state index contributed by atoms with van der Waals surface area (Å²) in [5.74, 6) is -1.16. The van der Waals surface area contributed by atoms with Gasteiger partial charge < -0.3 is 15.0 Å². The smallest absolute Gasteiger partial charge is 0.383 e. The molecule has 13 heteroatoms. The van der Waals surface area contributed by atoms with E-state index < -0.39 is 29.6 Å². The molecule has 0 aliphatic rings. The number of methoxy groups -OCH3 is 1. The highest BCUT2D eigenvalue weighted by molar-refractivity contribution is 5.67. The van der Waals surface area contributed by atoms with E-state index in [1.54, 1.807) is 30.7 Å². The van der Waals surface area contributed by atoms with Crippen LogP contribution in [0.4, 0.5) is 23.4 Å². The second-order valence-corrected chi connectivity index (χ2v) is 8.40. The Kier molecular flexibility index (Phi) is 6.78. The lowest BCUT2D eigenvalue weighted by Crippen LogP contribution is -2.26. The van der Waals surface area contributed by atoms with Crippen LogP contribution in [0.3, 0.4) is 0 Å². The summed E-state index contributed by atoms with van der Waals surface area (Å²) in [5, 5.41) is 7.63. The van der Waals surface area contributed by atoms with E-state index in [4.69, 9.17) is 10.5 Å². The summed E-state index contributed by atoms with van der Waals surface area (Å²) in [6.07, 6.45) is 2.66. The van der Waals surface area contributed by atoms with Crippen molar-refractivity contribution in [1.82, 2.24) is 34.4 Å². The number of nitrogens with zero attached hydrogens (tertiary/aromatic N) is 6. The maximum atomic E-state index is 15.3. The van der Waals surface area contributed by atoms with Gasteiger partial charge in [-0.05, 0) is 35.9 Å². The minimum Gasteiger partial charge on any atom is -0.383 e. The van der Waals surface area contributed by atoms with Crippen molar-refractivity contribution >= 4 is 11.5 Å². The minimum absolute atomic E-state index is 0.105. The van der Waals surface area contributed by atoms with Gasteiger partial charge in [0, 0.05) is 49.9 Å². The van der Waals surface area contributed by atoms with E-state index in [1.165, 1.54) is 36.2 Å². The molecule has 1 atom stereocenters. The number of pyridine rings is 1. The quantitative estimate of drug-likeness (QED) is 0.229. The first-order valence-corrected chi connectivity index (χ1v) is 11.4. The molecule has 9 nitrogen and oxygen atoms in total. The third-order valence-corrected chi connectivity index (χ3v) is 5.95. The molecule has 4 heterocycles. The number of nitrogens with two attached hydrogens (primary N) is 1. The van der Waals surface area contributed by atoms with Crippen LogP contribution in [0.15, 0.2) is 67.5 Å². The zero-order chi connectivity index (χ0) is 26.9. The van der Waals surface area contributed by atoms with Gasteiger partial charge in [0.1, 0.15) is 17.9 Å². The topological polar surface area (TPSA) is 108 Å². The van der Waals surface area contributed by atoms with Crippen molar-refractivity contribution in [1.29, 1.82) is 0 Å². The van der Waals surface area contributed by atoms with Crippen molar-refractivity contribution in [2.75, 3.05) is 19.4 Å². The number of rotatable bonds is 8. The Bertz CT molecular complexity index is 1570. The molecule has 0 spiro atoms. The van der Waals surface area contributed by atoms with Gasteiger partial charge in [-0.3, -0.25) is 5.32 Å². The zero-order valence-electron chi connectivity index (χ0n) is 20.0. The molecule has 4 aromatic heterocycles. The van der Waals surface area contributed by atoms with Crippen LogP contribution >= 0.6 is 0 Å². The molecule has 3 N–H and O–H groups in total. The van der Waals surface area contributed by atoms with Crippen LogP contribution in [-0.4, -0.2) is 42.8 Å². The molecule has 38 heavy (non-hydrogen) atoms. The fraction of sp³-hybridized carbons (Fsp3) is 0.200. The molecular weight excluding hydrogens is 504 g/mol. The predicted molar refractivity (Wildman–Crippen MR) is 131 cm³/mol. The van der Waals surface area contributed by atoms with Gasteiger partial charge >= 0.3 is 6.18 Å². The number of alkyl halides is 3.